The molecule has 24 heavy (non-hydrogen) atoms. The van der Waals surface area contributed by atoms with Gasteiger partial charge in [-0.1, -0.05) is 18.2 Å². The lowest BCUT2D eigenvalue weighted by atomic mass is 10.2. The molecule has 1 aromatic carbocycles. The fourth-order valence-electron chi connectivity index (χ4n) is 2.42. The number of rotatable bonds is 5. The summed E-state index contributed by atoms with van der Waals surface area (Å²) < 4.78 is 42.1. The number of nitrogens with zero attached hydrogens (tertiary/aromatic N) is 2. The molecule has 0 saturated carbocycles. The second-order valence-electron chi connectivity index (χ2n) is 5.47. The highest BCUT2D eigenvalue weighted by atomic mass is 19.4. The van der Waals surface area contributed by atoms with E-state index >= 15 is 0 Å². The molecule has 1 aromatic rings. The molecular weight excluding hydrogens is 325 g/mol. The Morgan fingerprint density at radius 2 is 1.50 bits per heavy atom. The van der Waals surface area contributed by atoms with E-state index in [2.05, 4.69) is 0 Å². The van der Waals surface area contributed by atoms with E-state index < -0.39 is 18.5 Å². The van der Waals surface area contributed by atoms with Crippen LogP contribution in [-0.2, 0) is 9.59 Å². The van der Waals surface area contributed by atoms with Crippen LogP contribution in [0.2, 0.25) is 0 Å². The first kappa shape index (κ1) is 18.1. The maximum absolute atomic E-state index is 12.2. The lowest BCUT2D eigenvalue weighted by molar-refractivity contribution is -0.163. The van der Waals surface area contributed by atoms with Crippen LogP contribution in [0.3, 0.4) is 0 Å². The van der Waals surface area contributed by atoms with Crippen LogP contribution < -0.4 is 4.74 Å². The van der Waals surface area contributed by atoms with Gasteiger partial charge in [0, 0.05) is 26.2 Å². The molecule has 8 heteroatoms. The summed E-state index contributed by atoms with van der Waals surface area (Å²) in [5.74, 6) is -0.399. The molecule has 5 nitrogen and oxygen atoms in total. The highest BCUT2D eigenvalue weighted by Gasteiger charge is 2.34. The number of halogens is 3. The maximum Gasteiger partial charge on any atom is 0.397 e. The number of benzene rings is 1. The number of piperazine rings is 1. The number of alkyl halides is 3. The minimum Gasteiger partial charge on any atom is -0.493 e. The number of carbonyl (C=O) groups is 2. The summed E-state index contributed by atoms with van der Waals surface area (Å²) in [5, 5.41) is 0. The Bertz CT molecular complexity index is 555. The standard InChI is InChI=1S/C16H19F3N2O3/c17-16(18,19)12-15(23)21-9-7-20(8-10-21)14(22)6-11-24-13-4-2-1-3-5-13/h1-5H,6-12H2. The van der Waals surface area contributed by atoms with Gasteiger partial charge in [-0.25, -0.2) is 0 Å². The van der Waals surface area contributed by atoms with Crippen molar-refractivity contribution in [3.8, 4) is 5.75 Å². The topological polar surface area (TPSA) is 49.9 Å². The third-order valence-corrected chi connectivity index (χ3v) is 3.66. The van der Waals surface area contributed by atoms with Gasteiger partial charge in [0.05, 0.1) is 13.0 Å². The van der Waals surface area contributed by atoms with Crippen molar-refractivity contribution in [2.75, 3.05) is 32.8 Å². The Labute approximate surface area is 138 Å². The van der Waals surface area contributed by atoms with Crippen molar-refractivity contribution in [2.45, 2.75) is 19.0 Å². The van der Waals surface area contributed by atoms with Crippen molar-refractivity contribution in [3.63, 3.8) is 0 Å². The van der Waals surface area contributed by atoms with Gasteiger partial charge in [0.2, 0.25) is 11.8 Å². The molecule has 0 radical (unpaired) electrons. The number of carbonyl (C=O) groups excluding carboxylic acids is 2. The molecular formula is C16H19F3N2O3. The zero-order chi connectivity index (χ0) is 17.6. The van der Waals surface area contributed by atoms with E-state index in [1.54, 1.807) is 17.0 Å². The number of ether oxygens (including phenoxy) is 1. The summed E-state index contributed by atoms with van der Waals surface area (Å²) in [5.41, 5.74) is 0. The molecule has 132 valence electrons. The third-order valence-electron chi connectivity index (χ3n) is 3.66. The van der Waals surface area contributed by atoms with E-state index in [9.17, 15) is 22.8 Å². The first-order chi connectivity index (χ1) is 11.3. The summed E-state index contributed by atoms with van der Waals surface area (Å²) in [6.45, 7) is 0.970. The van der Waals surface area contributed by atoms with Gasteiger partial charge in [0.1, 0.15) is 12.2 Å². The average molecular weight is 344 g/mol. The molecule has 2 rings (SSSR count). The Balaban J connectivity index is 1.70. The van der Waals surface area contributed by atoms with E-state index in [1.807, 2.05) is 18.2 Å². The van der Waals surface area contributed by atoms with Crippen LogP contribution in [0.4, 0.5) is 13.2 Å². The molecule has 0 unspecified atom stereocenters. The molecule has 1 aliphatic heterocycles. The molecule has 0 aromatic heterocycles. The van der Waals surface area contributed by atoms with Crippen molar-refractivity contribution < 1.29 is 27.5 Å². The fraction of sp³-hybridized carbons (Fsp3) is 0.500. The number of amides is 2. The lowest BCUT2D eigenvalue weighted by Gasteiger charge is -2.35. The van der Waals surface area contributed by atoms with E-state index in [4.69, 9.17) is 4.74 Å². The van der Waals surface area contributed by atoms with Crippen molar-refractivity contribution in [2.24, 2.45) is 0 Å². The molecule has 0 spiro atoms. The first-order valence-corrected chi connectivity index (χ1v) is 7.65. The van der Waals surface area contributed by atoms with E-state index in [-0.39, 0.29) is 45.1 Å². The van der Waals surface area contributed by atoms with Crippen LogP contribution in [0, 0.1) is 0 Å². The zero-order valence-corrected chi connectivity index (χ0v) is 13.1. The minimum atomic E-state index is -4.50. The second kappa shape index (κ2) is 8.03. The van der Waals surface area contributed by atoms with Crippen molar-refractivity contribution in [3.05, 3.63) is 30.3 Å². The summed E-state index contributed by atoms with van der Waals surface area (Å²) in [6.07, 6.45) is -5.77. The molecule has 2 amide bonds. The van der Waals surface area contributed by atoms with Crippen molar-refractivity contribution in [1.82, 2.24) is 9.80 Å². The van der Waals surface area contributed by atoms with Gasteiger partial charge in [-0.3, -0.25) is 9.59 Å². The SMILES string of the molecule is O=C(CCOc1ccccc1)N1CCN(C(=O)CC(F)(F)F)CC1. The number of hydrogen-bond donors (Lipinski definition) is 0. The Morgan fingerprint density at radius 1 is 0.958 bits per heavy atom. The van der Waals surface area contributed by atoms with Gasteiger partial charge in [0.15, 0.2) is 0 Å². The van der Waals surface area contributed by atoms with Gasteiger partial charge in [-0.15, -0.1) is 0 Å². The highest BCUT2D eigenvalue weighted by molar-refractivity contribution is 5.78. The van der Waals surface area contributed by atoms with E-state index in [0.29, 0.717) is 5.75 Å². The summed E-state index contributed by atoms with van der Waals surface area (Å²) in [6, 6.07) is 9.09. The van der Waals surface area contributed by atoms with Gasteiger partial charge in [0.25, 0.3) is 0 Å². The van der Waals surface area contributed by atoms with Gasteiger partial charge < -0.3 is 14.5 Å². The molecule has 1 fully saturated rings. The largest absolute Gasteiger partial charge is 0.493 e. The second-order valence-corrected chi connectivity index (χ2v) is 5.47. The molecule has 1 aliphatic rings. The number of para-hydroxylation sites is 1. The van der Waals surface area contributed by atoms with E-state index in [0.717, 1.165) is 4.90 Å². The smallest absolute Gasteiger partial charge is 0.397 e. The van der Waals surface area contributed by atoms with Crippen LogP contribution in [0.25, 0.3) is 0 Å². The molecule has 0 bridgehead atoms. The normalized spacial score (nSPS) is 15.3. The van der Waals surface area contributed by atoms with Gasteiger partial charge >= 0.3 is 6.18 Å². The van der Waals surface area contributed by atoms with Crippen molar-refractivity contribution in [1.29, 1.82) is 0 Å². The Kier molecular flexibility index (Phi) is 6.05. The third kappa shape index (κ3) is 5.75. The minimum absolute atomic E-state index is 0.125. The Hall–Kier alpha value is -2.25. The highest BCUT2D eigenvalue weighted by Crippen LogP contribution is 2.21. The quantitative estimate of drug-likeness (QED) is 0.822. The summed E-state index contributed by atoms with van der Waals surface area (Å²) in [4.78, 5) is 26.3. The summed E-state index contributed by atoms with van der Waals surface area (Å²) >= 11 is 0. The first-order valence-electron chi connectivity index (χ1n) is 7.65. The maximum atomic E-state index is 12.2. The predicted octanol–water partition coefficient (Wildman–Crippen LogP) is 2.08. The molecule has 1 heterocycles. The van der Waals surface area contributed by atoms with Crippen LogP contribution in [0.1, 0.15) is 12.8 Å². The molecule has 0 atom stereocenters. The monoisotopic (exact) mass is 344 g/mol. The number of hydrogen-bond acceptors (Lipinski definition) is 3. The zero-order valence-electron chi connectivity index (χ0n) is 13.1. The van der Waals surface area contributed by atoms with Crippen molar-refractivity contribution >= 4 is 11.8 Å². The molecule has 1 saturated heterocycles. The van der Waals surface area contributed by atoms with Gasteiger partial charge in [-0.05, 0) is 12.1 Å². The average Bonchev–Trinajstić information content (AvgIpc) is 2.54. The Morgan fingerprint density at radius 3 is 2.04 bits per heavy atom. The van der Waals surface area contributed by atoms with Crippen LogP contribution in [-0.4, -0.2) is 60.6 Å². The predicted molar refractivity (Wildman–Crippen MR) is 80.4 cm³/mol. The van der Waals surface area contributed by atoms with Crippen LogP contribution in [0.15, 0.2) is 30.3 Å². The van der Waals surface area contributed by atoms with E-state index in [1.165, 1.54) is 0 Å². The molecule has 0 N–H and O–H groups in total. The van der Waals surface area contributed by atoms with Gasteiger partial charge in [-0.2, -0.15) is 13.2 Å². The lowest BCUT2D eigenvalue weighted by Crippen LogP contribution is -2.51. The van der Waals surface area contributed by atoms with Crippen LogP contribution in [0.5, 0.6) is 5.75 Å². The molecule has 0 aliphatic carbocycles. The van der Waals surface area contributed by atoms with Crippen LogP contribution >= 0.6 is 0 Å². The summed E-state index contributed by atoms with van der Waals surface area (Å²) in [7, 11) is 0. The fourth-order valence-corrected chi connectivity index (χ4v) is 2.42.